The van der Waals surface area contributed by atoms with Gasteiger partial charge in [-0.05, 0) is 88.0 Å². The van der Waals surface area contributed by atoms with Gasteiger partial charge >= 0.3 is 0 Å². The summed E-state index contributed by atoms with van der Waals surface area (Å²) >= 11 is 0. The minimum atomic E-state index is -3.49. The molecule has 3 aromatic rings. The molecular weight excluding hydrogens is 697 g/mol. The number of aliphatic hydroxyl groups is 1. The third kappa shape index (κ3) is 7.42. The van der Waals surface area contributed by atoms with E-state index in [-0.39, 0.29) is 52.4 Å². The van der Waals surface area contributed by atoms with Crippen LogP contribution in [0.4, 0.5) is 20.4 Å². The summed E-state index contributed by atoms with van der Waals surface area (Å²) in [5, 5.41) is 16.9. The molecule has 0 bridgehead atoms. The van der Waals surface area contributed by atoms with E-state index in [9.17, 15) is 36.7 Å². The number of alkyl halides is 2. The lowest BCUT2D eigenvalue weighted by Gasteiger charge is -2.36. The van der Waals surface area contributed by atoms with Crippen molar-refractivity contribution < 1.29 is 31.9 Å². The molecule has 1 unspecified atom stereocenters. The van der Waals surface area contributed by atoms with E-state index in [1.54, 1.807) is 11.2 Å². The maximum absolute atomic E-state index is 13.8. The number of halogens is 2. The lowest BCUT2D eigenvalue weighted by molar-refractivity contribution is -0.134. The molecule has 1 aliphatic carbocycles. The number of carbonyl (C=O) groups excluding carboxylic acids is 2. The lowest BCUT2D eigenvalue weighted by atomic mass is 9.90. The summed E-state index contributed by atoms with van der Waals surface area (Å²) in [6, 6.07) is 8.11. The summed E-state index contributed by atoms with van der Waals surface area (Å²) in [5.74, 6) is -0.493. The summed E-state index contributed by atoms with van der Waals surface area (Å²) < 4.78 is 57.4. The van der Waals surface area contributed by atoms with Crippen LogP contribution in [0.15, 0.2) is 41.3 Å². The van der Waals surface area contributed by atoms with Crippen LogP contribution in [0.3, 0.4) is 0 Å². The number of sulfonamides is 1. The van der Waals surface area contributed by atoms with E-state index in [0.717, 1.165) is 43.2 Å². The Balaban J connectivity index is 0.935. The van der Waals surface area contributed by atoms with Crippen LogP contribution in [-0.4, -0.2) is 87.8 Å². The van der Waals surface area contributed by atoms with Gasteiger partial charge in [-0.25, -0.2) is 26.5 Å². The molecule has 0 spiro atoms. The molecule has 5 heterocycles. The number of fused-ring (bicyclic) bond motifs is 1. The quantitative estimate of drug-likeness (QED) is 0.274. The first-order valence-corrected chi connectivity index (χ1v) is 19.8. The fourth-order valence-electron chi connectivity index (χ4n) is 8.35. The zero-order chi connectivity index (χ0) is 36.8. The zero-order valence-corrected chi connectivity index (χ0v) is 30.0. The monoisotopic (exact) mass is 741 g/mol. The molecule has 7 rings (SSSR count). The van der Waals surface area contributed by atoms with Crippen LogP contribution in [0.2, 0.25) is 0 Å². The molecule has 1 aromatic carbocycles. The Morgan fingerprint density at radius 3 is 2.37 bits per heavy atom. The molecule has 3 saturated heterocycles. The van der Waals surface area contributed by atoms with E-state index >= 15 is 0 Å². The van der Waals surface area contributed by atoms with E-state index in [2.05, 4.69) is 25.5 Å². The predicted octanol–water partition coefficient (Wildman–Crippen LogP) is 3.85. The second kappa shape index (κ2) is 14.4. The number of nitrogens with zero attached hydrogens (tertiary/aromatic N) is 5. The first-order chi connectivity index (χ1) is 24.8. The van der Waals surface area contributed by atoms with E-state index in [0.29, 0.717) is 58.0 Å². The Labute approximate surface area is 300 Å². The summed E-state index contributed by atoms with van der Waals surface area (Å²) in [6.07, 6.45) is 3.30. The molecule has 2 aromatic heterocycles. The number of carbonyl (C=O) groups is 2. The zero-order valence-electron chi connectivity index (χ0n) is 29.1. The largest absolute Gasteiger partial charge is 0.388 e. The maximum Gasteiger partial charge on any atom is 0.269 e. The molecule has 4 fully saturated rings. The molecule has 1 saturated carbocycles. The van der Waals surface area contributed by atoms with E-state index in [1.165, 1.54) is 10.8 Å². The van der Waals surface area contributed by atoms with Crippen LogP contribution in [0.25, 0.3) is 11.0 Å². The average Bonchev–Trinajstić information content (AvgIpc) is 3.46. The molecular formula is C36H45F2N7O6S. The normalized spacial score (nSPS) is 25.6. The highest BCUT2D eigenvalue weighted by atomic mass is 32.2. The van der Waals surface area contributed by atoms with Crippen LogP contribution in [-0.2, 0) is 19.6 Å². The highest BCUT2D eigenvalue weighted by Crippen LogP contribution is 2.40. The molecule has 52 heavy (non-hydrogen) atoms. The lowest BCUT2D eigenvalue weighted by Crippen LogP contribution is -2.45. The number of aromatic nitrogens is 3. The Hall–Kier alpha value is -4.02. The highest BCUT2D eigenvalue weighted by molar-refractivity contribution is 7.89. The molecule has 0 radical (unpaired) electrons. The molecule has 3 aliphatic heterocycles. The number of pyridine rings is 1. The fraction of sp³-hybridized carbons (Fsp3) is 0.583. The van der Waals surface area contributed by atoms with Gasteiger partial charge in [0.2, 0.25) is 27.8 Å². The van der Waals surface area contributed by atoms with Crippen LogP contribution < -0.4 is 21.1 Å². The van der Waals surface area contributed by atoms with E-state index in [4.69, 9.17) is 0 Å². The Bertz CT molecular complexity index is 1990. The number of rotatable bonds is 9. The molecule has 4 aliphatic rings. The number of nitrogens with one attached hydrogen (secondary N) is 2. The van der Waals surface area contributed by atoms with Gasteiger partial charge in [-0.1, -0.05) is 12.1 Å². The second-order valence-electron chi connectivity index (χ2n) is 14.9. The summed E-state index contributed by atoms with van der Waals surface area (Å²) in [7, 11) is -3.49. The van der Waals surface area contributed by atoms with Crippen molar-refractivity contribution in [3.8, 4) is 0 Å². The molecule has 3 atom stereocenters. The van der Waals surface area contributed by atoms with Crippen LogP contribution in [0.5, 0.6) is 0 Å². The Morgan fingerprint density at radius 1 is 1.02 bits per heavy atom. The van der Waals surface area contributed by atoms with Gasteiger partial charge in [0.15, 0.2) is 0 Å². The number of hydrogen-bond acceptors (Lipinski definition) is 10. The van der Waals surface area contributed by atoms with Crippen LogP contribution in [0, 0.1) is 5.92 Å². The van der Waals surface area contributed by atoms with Gasteiger partial charge in [-0.2, -0.15) is 4.98 Å². The van der Waals surface area contributed by atoms with E-state index in [1.807, 2.05) is 24.3 Å². The third-order valence-corrected chi connectivity index (χ3v) is 13.4. The topological polar surface area (TPSA) is 167 Å². The van der Waals surface area contributed by atoms with Crippen LogP contribution in [0.1, 0.15) is 94.2 Å². The number of anilines is 2. The van der Waals surface area contributed by atoms with Crippen molar-refractivity contribution >= 4 is 44.5 Å². The van der Waals surface area contributed by atoms with Crippen molar-refractivity contribution in [3.05, 3.63) is 58.0 Å². The number of piperidine rings is 3. The van der Waals surface area contributed by atoms with Crippen molar-refractivity contribution in [3.63, 3.8) is 0 Å². The van der Waals surface area contributed by atoms with Crippen molar-refractivity contribution in [2.45, 2.75) is 94.7 Å². The SMILES string of the molecule is C[C@@]1(O)CCC[C@H]1n1c(=O)c(C(F)F)cc2cnc(NC3CCN(S(=O)(=O)CC4CCN(c5ccc(C6CCC(=O)NC6=O)cc5)CC4)CC3)nc21. The average molecular weight is 742 g/mol. The fourth-order valence-corrected chi connectivity index (χ4v) is 10.3. The van der Waals surface area contributed by atoms with Crippen LogP contribution >= 0.6 is 0 Å². The number of amides is 2. The van der Waals surface area contributed by atoms with Gasteiger partial charge in [0.05, 0.1) is 28.9 Å². The molecule has 280 valence electrons. The van der Waals surface area contributed by atoms with Gasteiger partial charge in [-0.15, -0.1) is 0 Å². The van der Waals surface area contributed by atoms with Gasteiger partial charge in [0.1, 0.15) is 5.65 Å². The predicted molar refractivity (Wildman–Crippen MR) is 191 cm³/mol. The van der Waals surface area contributed by atoms with Crippen molar-refractivity contribution in [1.29, 1.82) is 0 Å². The summed E-state index contributed by atoms with van der Waals surface area (Å²) in [5.41, 5.74) is -0.701. The summed E-state index contributed by atoms with van der Waals surface area (Å²) in [4.78, 5) is 48.1. The van der Waals surface area contributed by atoms with Gasteiger partial charge in [0, 0.05) is 55.9 Å². The minimum absolute atomic E-state index is 0.0367. The van der Waals surface area contributed by atoms with Gasteiger partial charge in [-0.3, -0.25) is 24.3 Å². The smallest absolute Gasteiger partial charge is 0.269 e. The Morgan fingerprint density at radius 2 is 1.73 bits per heavy atom. The van der Waals surface area contributed by atoms with Crippen molar-refractivity contribution in [2.24, 2.45) is 5.92 Å². The summed E-state index contributed by atoms with van der Waals surface area (Å²) in [6.45, 7) is 3.73. The second-order valence-corrected chi connectivity index (χ2v) is 16.9. The maximum atomic E-state index is 13.8. The first-order valence-electron chi connectivity index (χ1n) is 18.1. The van der Waals surface area contributed by atoms with Gasteiger partial charge < -0.3 is 15.3 Å². The standard InChI is InChI=1S/C36H45F2N7O6S/c1-36(49)14-2-3-29(36)45-32-24(19-28(31(37)38)34(45)48)20-39-35(42-32)40-25-12-17-44(18-13-25)52(50,51)21-22-10-15-43(16-11-22)26-6-4-23(5-7-26)27-8-9-30(46)41-33(27)47/h4-7,19-20,22,25,27,29,31,49H,2-3,8-18,21H2,1H3,(H,39,40,42)(H,41,46,47)/t27?,29-,36-/m1/s1. The number of imide groups is 1. The first kappa shape index (κ1) is 36.3. The van der Waals surface area contributed by atoms with E-state index < -0.39 is 39.2 Å². The van der Waals surface area contributed by atoms with Crippen molar-refractivity contribution in [1.82, 2.24) is 24.2 Å². The number of benzene rings is 1. The molecule has 13 nitrogen and oxygen atoms in total. The highest BCUT2D eigenvalue weighted by Gasteiger charge is 2.40. The molecule has 2 amide bonds. The minimum Gasteiger partial charge on any atom is -0.388 e. The Kier molecular flexibility index (Phi) is 10.1. The molecule has 3 N–H and O–H groups in total. The molecule has 16 heteroatoms. The third-order valence-electron chi connectivity index (χ3n) is 11.4. The van der Waals surface area contributed by atoms with Gasteiger partial charge in [0.25, 0.3) is 12.0 Å². The van der Waals surface area contributed by atoms with Crippen molar-refractivity contribution in [2.75, 3.05) is 42.1 Å². The number of hydrogen-bond donors (Lipinski definition) is 3.